The molecule has 1 N–H and O–H groups in total. The monoisotopic (exact) mass is 221 g/mol. The summed E-state index contributed by atoms with van der Waals surface area (Å²) < 4.78 is 0. The Morgan fingerprint density at radius 3 is 2.56 bits per heavy atom. The van der Waals surface area contributed by atoms with Gasteiger partial charge in [-0.15, -0.1) is 0 Å². The zero-order valence-electron chi connectivity index (χ0n) is 9.43. The van der Waals surface area contributed by atoms with Crippen molar-refractivity contribution < 1.29 is 14.7 Å². The number of hydrogen-bond donors (Lipinski definition) is 1. The molecule has 0 saturated heterocycles. The molecule has 0 atom stereocenters. The average Bonchev–Trinajstić information content (AvgIpc) is 2.26. The lowest BCUT2D eigenvalue weighted by Gasteiger charge is -2.01. The van der Waals surface area contributed by atoms with Gasteiger partial charge < -0.3 is 9.94 Å². The molecule has 1 rings (SSSR count). The van der Waals surface area contributed by atoms with E-state index in [-0.39, 0.29) is 5.71 Å². The molecule has 0 aromatic heterocycles. The van der Waals surface area contributed by atoms with Crippen molar-refractivity contribution in [3.05, 3.63) is 35.4 Å². The summed E-state index contributed by atoms with van der Waals surface area (Å²) in [5, 5.41) is 12.0. The van der Waals surface area contributed by atoms with Crippen LogP contribution in [0.4, 0.5) is 0 Å². The first-order valence-corrected chi connectivity index (χ1v) is 5.05. The van der Waals surface area contributed by atoms with Crippen molar-refractivity contribution >= 4 is 11.7 Å². The lowest BCUT2D eigenvalue weighted by atomic mass is 10.1. The molecule has 0 aliphatic heterocycles. The van der Waals surface area contributed by atoms with E-state index in [2.05, 4.69) is 5.16 Å². The number of carboxylic acids is 1. The van der Waals surface area contributed by atoms with Crippen LogP contribution in [0, 0.1) is 6.92 Å². The number of aryl methyl sites for hydroxylation is 1. The van der Waals surface area contributed by atoms with E-state index >= 15 is 0 Å². The Bertz CT molecular complexity index is 382. The molecule has 0 bridgehead atoms. The van der Waals surface area contributed by atoms with Crippen LogP contribution in [0.2, 0.25) is 0 Å². The van der Waals surface area contributed by atoms with Crippen molar-refractivity contribution in [2.24, 2.45) is 5.16 Å². The first kappa shape index (κ1) is 12.2. The minimum Gasteiger partial charge on any atom is -0.477 e. The number of nitrogens with zero attached hydrogens (tertiary/aromatic N) is 1. The van der Waals surface area contributed by atoms with Crippen molar-refractivity contribution in [1.29, 1.82) is 0 Å². The third-order valence-electron chi connectivity index (χ3n) is 2.11. The molecule has 0 radical (unpaired) electrons. The SMILES string of the molecule is CC(=NOCCc1ccc(C)cc1)C(=O)O. The molecule has 16 heavy (non-hydrogen) atoms. The number of aliphatic carboxylic acids is 1. The van der Waals surface area contributed by atoms with E-state index < -0.39 is 5.97 Å². The highest BCUT2D eigenvalue weighted by atomic mass is 16.6. The fraction of sp³-hybridized carbons (Fsp3) is 0.333. The maximum atomic E-state index is 10.4. The predicted octanol–water partition coefficient (Wildman–Crippen LogP) is 2.01. The Balaban J connectivity index is 2.34. The molecule has 0 spiro atoms. The molecule has 0 fully saturated rings. The van der Waals surface area contributed by atoms with Crippen LogP contribution >= 0.6 is 0 Å². The summed E-state index contributed by atoms with van der Waals surface area (Å²) in [7, 11) is 0. The van der Waals surface area contributed by atoms with Gasteiger partial charge in [0, 0.05) is 6.42 Å². The molecule has 4 heteroatoms. The fourth-order valence-corrected chi connectivity index (χ4v) is 1.10. The minimum absolute atomic E-state index is 0.0380. The quantitative estimate of drug-likeness (QED) is 0.470. The Hall–Kier alpha value is -1.84. The first-order valence-electron chi connectivity index (χ1n) is 5.05. The number of hydrogen-bond acceptors (Lipinski definition) is 3. The zero-order chi connectivity index (χ0) is 12.0. The van der Waals surface area contributed by atoms with Crippen LogP contribution in [-0.2, 0) is 16.1 Å². The molecule has 1 aromatic rings. The van der Waals surface area contributed by atoms with Gasteiger partial charge in [0.2, 0.25) is 0 Å². The van der Waals surface area contributed by atoms with Crippen LogP contribution in [-0.4, -0.2) is 23.4 Å². The lowest BCUT2D eigenvalue weighted by molar-refractivity contribution is -0.129. The second-order valence-electron chi connectivity index (χ2n) is 3.55. The van der Waals surface area contributed by atoms with Gasteiger partial charge in [-0.1, -0.05) is 35.0 Å². The van der Waals surface area contributed by atoms with Gasteiger partial charge in [-0.2, -0.15) is 0 Å². The number of carboxylic acid groups (broad SMARTS) is 1. The van der Waals surface area contributed by atoms with E-state index in [1.165, 1.54) is 12.5 Å². The highest BCUT2D eigenvalue weighted by Crippen LogP contribution is 2.03. The Morgan fingerprint density at radius 2 is 2.00 bits per heavy atom. The maximum Gasteiger partial charge on any atom is 0.353 e. The van der Waals surface area contributed by atoms with Crippen LogP contribution in [0.25, 0.3) is 0 Å². The van der Waals surface area contributed by atoms with Gasteiger partial charge in [0.05, 0.1) is 0 Å². The van der Waals surface area contributed by atoms with Crippen LogP contribution in [0.3, 0.4) is 0 Å². The molecule has 0 aliphatic carbocycles. The number of rotatable bonds is 5. The van der Waals surface area contributed by atoms with Gasteiger partial charge in [0.1, 0.15) is 6.61 Å². The zero-order valence-corrected chi connectivity index (χ0v) is 9.43. The van der Waals surface area contributed by atoms with Gasteiger partial charge in [0.25, 0.3) is 0 Å². The molecular weight excluding hydrogens is 206 g/mol. The summed E-state index contributed by atoms with van der Waals surface area (Å²) in [6, 6.07) is 8.10. The smallest absolute Gasteiger partial charge is 0.353 e. The van der Waals surface area contributed by atoms with Gasteiger partial charge in [-0.05, 0) is 19.4 Å². The molecule has 4 nitrogen and oxygen atoms in total. The van der Waals surface area contributed by atoms with Gasteiger partial charge in [0.15, 0.2) is 5.71 Å². The second-order valence-corrected chi connectivity index (χ2v) is 3.55. The first-order chi connectivity index (χ1) is 7.59. The summed E-state index contributed by atoms with van der Waals surface area (Å²) >= 11 is 0. The van der Waals surface area contributed by atoms with E-state index in [1.54, 1.807) is 0 Å². The third kappa shape index (κ3) is 4.13. The molecule has 0 saturated carbocycles. The highest BCUT2D eigenvalue weighted by molar-refractivity contribution is 6.34. The number of oxime groups is 1. The van der Waals surface area contributed by atoms with Gasteiger partial charge in [-0.3, -0.25) is 0 Å². The molecule has 0 heterocycles. The Kier molecular flexibility index (Phi) is 4.51. The largest absolute Gasteiger partial charge is 0.477 e. The normalized spacial score (nSPS) is 11.2. The van der Waals surface area contributed by atoms with E-state index in [0.717, 1.165) is 12.0 Å². The summed E-state index contributed by atoms with van der Waals surface area (Å²) in [6.07, 6.45) is 0.719. The van der Waals surface area contributed by atoms with Crippen molar-refractivity contribution in [1.82, 2.24) is 0 Å². The molecule has 0 amide bonds. The Morgan fingerprint density at radius 1 is 1.38 bits per heavy atom. The van der Waals surface area contributed by atoms with E-state index in [4.69, 9.17) is 9.94 Å². The summed E-state index contributed by atoms with van der Waals surface area (Å²) in [4.78, 5) is 15.3. The van der Waals surface area contributed by atoms with Crippen molar-refractivity contribution in [3.8, 4) is 0 Å². The average molecular weight is 221 g/mol. The molecule has 86 valence electrons. The lowest BCUT2D eigenvalue weighted by Crippen LogP contribution is -2.09. The topological polar surface area (TPSA) is 58.9 Å². The standard InChI is InChI=1S/C12H15NO3/c1-9-3-5-11(6-4-9)7-8-16-13-10(2)12(14)15/h3-6H,7-8H2,1-2H3,(H,14,15). The fourth-order valence-electron chi connectivity index (χ4n) is 1.10. The maximum absolute atomic E-state index is 10.4. The number of carbonyl (C=O) groups is 1. The van der Waals surface area contributed by atoms with Gasteiger partial charge in [-0.25, -0.2) is 4.79 Å². The molecule has 1 aromatic carbocycles. The van der Waals surface area contributed by atoms with Crippen LogP contribution < -0.4 is 0 Å². The number of benzene rings is 1. The van der Waals surface area contributed by atoms with Crippen molar-refractivity contribution in [2.45, 2.75) is 20.3 Å². The Labute approximate surface area is 94.5 Å². The second kappa shape index (κ2) is 5.90. The van der Waals surface area contributed by atoms with Crippen LogP contribution in [0.1, 0.15) is 18.1 Å². The van der Waals surface area contributed by atoms with Crippen molar-refractivity contribution in [3.63, 3.8) is 0 Å². The summed E-state index contributed by atoms with van der Waals surface area (Å²) in [5.74, 6) is -1.06. The molecule has 0 unspecified atom stereocenters. The van der Waals surface area contributed by atoms with E-state index in [9.17, 15) is 4.79 Å². The van der Waals surface area contributed by atoms with E-state index in [0.29, 0.717) is 6.61 Å². The third-order valence-corrected chi connectivity index (χ3v) is 2.11. The minimum atomic E-state index is -1.06. The summed E-state index contributed by atoms with van der Waals surface area (Å²) in [5.41, 5.74) is 2.32. The van der Waals surface area contributed by atoms with Crippen molar-refractivity contribution in [2.75, 3.05) is 6.61 Å². The van der Waals surface area contributed by atoms with Gasteiger partial charge >= 0.3 is 5.97 Å². The highest BCUT2D eigenvalue weighted by Gasteiger charge is 2.01. The predicted molar refractivity (Wildman–Crippen MR) is 61.6 cm³/mol. The molecular formula is C12H15NO3. The summed E-state index contributed by atoms with van der Waals surface area (Å²) in [6.45, 7) is 3.81. The van der Waals surface area contributed by atoms with Crippen LogP contribution in [0.5, 0.6) is 0 Å². The van der Waals surface area contributed by atoms with E-state index in [1.807, 2.05) is 31.2 Å². The molecule has 0 aliphatic rings. The van der Waals surface area contributed by atoms with Crippen LogP contribution in [0.15, 0.2) is 29.4 Å².